The molecule has 0 fully saturated rings. The van der Waals surface area contributed by atoms with Crippen LogP contribution in [0.5, 0.6) is 0 Å². The van der Waals surface area contributed by atoms with Crippen LogP contribution in [0.1, 0.15) is 21.8 Å². The molecular formula is C5H15NO2. The Hall–Kier alpha value is -0.730. The molecule has 0 rings (SSSR count). The maximum absolute atomic E-state index is 9.60. The molecule has 0 aromatic heterocycles. The molecule has 0 aliphatic heterocycles. The average molecular weight is 121 g/mol. The van der Waals surface area contributed by atoms with Crippen molar-refractivity contribution in [1.82, 2.24) is 0 Å². The summed E-state index contributed by atoms with van der Waals surface area (Å²) in [6, 6.07) is 0. The molecule has 0 saturated heterocycles. The van der Waals surface area contributed by atoms with Gasteiger partial charge in [0.25, 0.3) is 0 Å². The molecule has 0 atom stereocenters. The van der Waals surface area contributed by atoms with Crippen LogP contribution < -0.4 is 5.73 Å². The van der Waals surface area contributed by atoms with E-state index in [4.69, 9.17) is 0 Å². The van der Waals surface area contributed by atoms with Gasteiger partial charge in [-0.3, -0.25) is 0 Å². The molecule has 0 radical (unpaired) electrons. The highest BCUT2D eigenvalue weighted by Gasteiger charge is 1.82. The van der Waals surface area contributed by atoms with Gasteiger partial charge >= 0.3 is 6.09 Å². The molecule has 3 nitrogen and oxygen atoms in total. The van der Waals surface area contributed by atoms with Gasteiger partial charge in [0, 0.05) is 0 Å². The number of primary amides is 1. The van der Waals surface area contributed by atoms with Gasteiger partial charge in [-0.15, -0.1) is 0 Å². The minimum atomic E-state index is -0.711. The first-order chi connectivity index (χ1) is 2.77. The van der Waals surface area contributed by atoms with Gasteiger partial charge in [-0.05, 0) is 6.92 Å². The largest absolute Gasteiger partial charge is 0.450 e. The lowest BCUT2D eigenvalue weighted by molar-refractivity contribution is 0.163. The summed E-state index contributed by atoms with van der Waals surface area (Å²) in [4.78, 5) is 9.60. The Morgan fingerprint density at radius 3 is 2.00 bits per heavy atom. The molecule has 0 aliphatic carbocycles. The molecule has 0 unspecified atom stereocenters. The summed E-state index contributed by atoms with van der Waals surface area (Å²) in [7, 11) is 0. The molecule has 0 aromatic rings. The fourth-order valence-corrected chi connectivity index (χ4v) is 0.142. The number of amides is 1. The maximum atomic E-state index is 9.60. The Morgan fingerprint density at radius 1 is 1.62 bits per heavy atom. The quantitative estimate of drug-likeness (QED) is 0.569. The second kappa shape index (κ2) is 9.55. The minimum Gasteiger partial charge on any atom is -0.450 e. The van der Waals surface area contributed by atoms with E-state index in [-0.39, 0.29) is 14.9 Å². The van der Waals surface area contributed by atoms with Gasteiger partial charge in [0.1, 0.15) is 0 Å². The summed E-state index contributed by atoms with van der Waals surface area (Å²) in [6.45, 7) is 2.06. The molecule has 1 amide bonds. The third-order valence-electron chi connectivity index (χ3n) is 0.287. The fourth-order valence-electron chi connectivity index (χ4n) is 0.142. The van der Waals surface area contributed by atoms with Crippen LogP contribution in [0.2, 0.25) is 0 Å². The standard InChI is InChI=1S/C3H7NO2.2CH4/c1-2-6-3(4)5;;/h2H2,1H3,(H2,4,5);2*1H4. The second-order valence-electron chi connectivity index (χ2n) is 0.752. The maximum Gasteiger partial charge on any atom is 0.404 e. The number of rotatable bonds is 1. The zero-order valence-corrected chi connectivity index (χ0v) is 3.60. The molecule has 3 heteroatoms. The fraction of sp³-hybridized carbons (Fsp3) is 0.800. The summed E-state index contributed by atoms with van der Waals surface area (Å²) in [5.41, 5.74) is 4.54. The van der Waals surface area contributed by atoms with Crippen LogP contribution in [-0.2, 0) is 4.74 Å². The lowest BCUT2D eigenvalue weighted by Gasteiger charge is -1.89. The third kappa shape index (κ3) is 18.6. The average Bonchev–Trinajstić information content (AvgIpc) is 1.35. The van der Waals surface area contributed by atoms with Crippen molar-refractivity contribution in [2.45, 2.75) is 21.8 Å². The highest BCUT2D eigenvalue weighted by molar-refractivity contribution is 5.64. The smallest absolute Gasteiger partial charge is 0.404 e. The topological polar surface area (TPSA) is 52.3 Å². The van der Waals surface area contributed by atoms with Crippen LogP contribution >= 0.6 is 0 Å². The van der Waals surface area contributed by atoms with Gasteiger partial charge in [-0.1, -0.05) is 14.9 Å². The van der Waals surface area contributed by atoms with Crippen molar-refractivity contribution in [3.8, 4) is 0 Å². The van der Waals surface area contributed by atoms with Crippen molar-refractivity contribution < 1.29 is 9.53 Å². The molecule has 0 bridgehead atoms. The van der Waals surface area contributed by atoms with Crippen LogP contribution in [0, 0.1) is 0 Å². The van der Waals surface area contributed by atoms with Crippen molar-refractivity contribution in [3.63, 3.8) is 0 Å². The van der Waals surface area contributed by atoms with Crippen LogP contribution in [0.25, 0.3) is 0 Å². The number of nitrogens with two attached hydrogens (primary N) is 1. The highest BCUT2D eigenvalue weighted by atomic mass is 16.5. The van der Waals surface area contributed by atoms with E-state index in [1.54, 1.807) is 6.92 Å². The molecule has 0 aliphatic rings. The summed E-state index contributed by atoms with van der Waals surface area (Å²) in [5.74, 6) is 0. The highest BCUT2D eigenvalue weighted by Crippen LogP contribution is 1.66. The Balaban J connectivity index is -0.000000125. The van der Waals surface area contributed by atoms with Crippen LogP contribution in [0.4, 0.5) is 4.79 Å². The number of hydrogen-bond donors (Lipinski definition) is 1. The molecule has 2 N–H and O–H groups in total. The van der Waals surface area contributed by atoms with E-state index in [0.29, 0.717) is 6.61 Å². The Labute approximate surface area is 50.8 Å². The van der Waals surface area contributed by atoms with Crippen molar-refractivity contribution in [1.29, 1.82) is 0 Å². The molecule has 52 valence electrons. The Kier molecular flexibility index (Phi) is 18.7. The number of ether oxygens (including phenoxy) is 1. The Bertz CT molecular complexity index is 54.4. The van der Waals surface area contributed by atoms with E-state index in [0.717, 1.165) is 0 Å². The van der Waals surface area contributed by atoms with Gasteiger partial charge in [0.15, 0.2) is 0 Å². The number of hydrogen-bond acceptors (Lipinski definition) is 2. The van der Waals surface area contributed by atoms with Crippen molar-refractivity contribution >= 4 is 6.09 Å². The van der Waals surface area contributed by atoms with Crippen LogP contribution in [0.15, 0.2) is 0 Å². The van der Waals surface area contributed by atoms with Gasteiger partial charge in [-0.25, -0.2) is 4.79 Å². The third-order valence-corrected chi connectivity index (χ3v) is 0.287. The zero-order chi connectivity index (χ0) is 4.99. The van der Waals surface area contributed by atoms with E-state index >= 15 is 0 Å². The molecule has 0 heterocycles. The summed E-state index contributed by atoms with van der Waals surface area (Å²) in [6.07, 6.45) is -0.711. The lowest BCUT2D eigenvalue weighted by atomic mass is 10.9. The van der Waals surface area contributed by atoms with Gasteiger partial charge < -0.3 is 10.5 Å². The van der Waals surface area contributed by atoms with Crippen LogP contribution in [0.3, 0.4) is 0 Å². The van der Waals surface area contributed by atoms with Crippen molar-refractivity contribution in [3.05, 3.63) is 0 Å². The summed E-state index contributed by atoms with van der Waals surface area (Å²) < 4.78 is 4.18. The van der Waals surface area contributed by atoms with Crippen molar-refractivity contribution in [2.75, 3.05) is 6.61 Å². The predicted octanol–water partition coefficient (Wildman–Crippen LogP) is 1.37. The van der Waals surface area contributed by atoms with E-state index in [2.05, 4.69) is 10.5 Å². The molecule has 8 heavy (non-hydrogen) atoms. The molecule has 0 aromatic carbocycles. The SMILES string of the molecule is C.C.CCOC(N)=O. The number of carbonyl (C=O) groups is 1. The first kappa shape index (κ1) is 15.7. The van der Waals surface area contributed by atoms with Crippen molar-refractivity contribution in [2.24, 2.45) is 5.73 Å². The molecular weight excluding hydrogens is 106 g/mol. The zero-order valence-electron chi connectivity index (χ0n) is 3.60. The van der Waals surface area contributed by atoms with Crippen LogP contribution in [-0.4, -0.2) is 12.7 Å². The van der Waals surface area contributed by atoms with E-state index in [1.165, 1.54) is 0 Å². The summed E-state index contributed by atoms with van der Waals surface area (Å²) >= 11 is 0. The monoisotopic (exact) mass is 121 g/mol. The number of carbonyl (C=O) groups excluding carboxylic acids is 1. The van der Waals surface area contributed by atoms with Gasteiger partial charge in [0.2, 0.25) is 0 Å². The van der Waals surface area contributed by atoms with E-state index in [9.17, 15) is 4.79 Å². The Morgan fingerprint density at radius 2 is 2.00 bits per heavy atom. The normalized spacial score (nSPS) is 5.62. The van der Waals surface area contributed by atoms with E-state index in [1.807, 2.05) is 0 Å². The molecule has 0 spiro atoms. The lowest BCUT2D eigenvalue weighted by Crippen LogP contribution is -2.11. The first-order valence-electron chi connectivity index (χ1n) is 1.69. The predicted molar refractivity (Wildman–Crippen MR) is 34.7 cm³/mol. The molecule has 0 saturated carbocycles. The van der Waals surface area contributed by atoms with Gasteiger partial charge in [-0.2, -0.15) is 0 Å². The first-order valence-corrected chi connectivity index (χ1v) is 1.69. The van der Waals surface area contributed by atoms with E-state index < -0.39 is 6.09 Å². The van der Waals surface area contributed by atoms with Gasteiger partial charge in [0.05, 0.1) is 6.61 Å². The minimum absolute atomic E-state index is 0. The second-order valence-corrected chi connectivity index (χ2v) is 0.752. The summed E-state index contributed by atoms with van der Waals surface area (Å²) in [5, 5.41) is 0.